The number of H-pyrrole nitrogens is 1. The highest BCUT2D eigenvalue weighted by molar-refractivity contribution is 5.14. The lowest BCUT2D eigenvalue weighted by molar-refractivity contribution is -0.0832. The summed E-state index contributed by atoms with van der Waals surface area (Å²) in [7, 11) is 0. The molecule has 1 fully saturated rings. The molecule has 0 radical (unpaired) electrons. The monoisotopic (exact) mass is 422 g/mol. The second-order valence-electron chi connectivity index (χ2n) is 7.68. The van der Waals surface area contributed by atoms with Crippen molar-refractivity contribution in [3.05, 3.63) is 104 Å². The van der Waals surface area contributed by atoms with Gasteiger partial charge in [0.15, 0.2) is 0 Å². The zero-order valence-corrected chi connectivity index (χ0v) is 17.4. The number of aryl methyl sites for hydroxylation is 1. The van der Waals surface area contributed by atoms with Crippen LogP contribution >= 0.6 is 0 Å². The summed E-state index contributed by atoms with van der Waals surface area (Å²) in [5.74, 6) is 0. The topological polar surface area (TPSA) is 82.6 Å². The van der Waals surface area contributed by atoms with Gasteiger partial charge in [-0.1, -0.05) is 60.7 Å². The molecule has 1 N–H and O–H groups in total. The van der Waals surface area contributed by atoms with E-state index in [1.807, 2.05) is 60.7 Å². The van der Waals surface area contributed by atoms with E-state index in [-0.39, 0.29) is 17.8 Å². The first-order valence-electron chi connectivity index (χ1n) is 10.3. The first kappa shape index (κ1) is 21.2. The average molecular weight is 422 g/mol. The first-order chi connectivity index (χ1) is 15.1. The van der Waals surface area contributed by atoms with Crippen LogP contribution in [0.25, 0.3) is 0 Å². The van der Waals surface area contributed by atoms with Gasteiger partial charge in [0.2, 0.25) is 0 Å². The van der Waals surface area contributed by atoms with Gasteiger partial charge in [0.05, 0.1) is 25.9 Å². The number of aromatic nitrogens is 2. The third-order valence-corrected chi connectivity index (χ3v) is 5.34. The molecule has 3 atom stereocenters. The van der Waals surface area contributed by atoms with Gasteiger partial charge in [-0.2, -0.15) is 0 Å². The minimum atomic E-state index is -0.533. The Hall–Kier alpha value is -3.00. The van der Waals surface area contributed by atoms with E-state index in [2.05, 4.69) is 4.98 Å². The zero-order chi connectivity index (χ0) is 21.6. The number of hydrogen-bond acceptors (Lipinski definition) is 5. The Morgan fingerprint density at radius 2 is 1.65 bits per heavy atom. The van der Waals surface area contributed by atoms with E-state index in [0.717, 1.165) is 11.1 Å². The summed E-state index contributed by atoms with van der Waals surface area (Å²) < 4.78 is 19.6. The standard InChI is InChI=1S/C24H26N2O5/c1-17-13-26(24(28)25-23(17)27)22-12-20(30-15-19-10-6-3-7-11-19)21(31-22)16-29-14-18-8-4-2-5-9-18/h2-11,13,20-22H,12,14-16H2,1H3,(H,25,27,28)/t20-,21-,22-/m1/s1. The molecule has 2 aromatic carbocycles. The summed E-state index contributed by atoms with van der Waals surface area (Å²) in [5.41, 5.74) is 1.71. The Morgan fingerprint density at radius 1 is 1.00 bits per heavy atom. The molecule has 31 heavy (non-hydrogen) atoms. The maximum absolute atomic E-state index is 12.3. The summed E-state index contributed by atoms with van der Waals surface area (Å²) in [4.78, 5) is 26.4. The molecular formula is C24H26N2O5. The molecule has 0 spiro atoms. The maximum atomic E-state index is 12.3. The summed E-state index contributed by atoms with van der Waals surface area (Å²) in [6.07, 6.45) is 0.899. The smallest absolute Gasteiger partial charge is 0.330 e. The average Bonchev–Trinajstić information content (AvgIpc) is 3.19. The van der Waals surface area contributed by atoms with Crippen LogP contribution in [0.1, 0.15) is 29.3 Å². The fourth-order valence-corrected chi connectivity index (χ4v) is 3.64. The van der Waals surface area contributed by atoms with E-state index >= 15 is 0 Å². The van der Waals surface area contributed by atoms with Crippen LogP contribution in [0, 0.1) is 6.92 Å². The maximum Gasteiger partial charge on any atom is 0.330 e. The summed E-state index contributed by atoms with van der Waals surface area (Å²) in [6.45, 7) is 2.90. The number of rotatable bonds is 8. The highest BCUT2D eigenvalue weighted by atomic mass is 16.6. The van der Waals surface area contributed by atoms with Crippen molar-refractivity contribution < 1.29 is 14.2 Å². The van der Waals surface area contributed by atoms with Crippen molar-refractivity contribution in [3.8, 4) is 0 Å². The third kappa shape index (κ3) is 5.38. The van der Waals surface area contributed by atoms with E-state index < -0.39 is 11.9 Å². The van der Waals surface area contributed by atoms with Crippen molar-refractivity contribution >= 4 is 0 Å². The van der Waals surface area contributed by atoms with Crippen molar-refractivity contribution in [1.82, 2.24) is 9.55 Å². The van der Waals surface area contributed by atoms with Gasteiger partial charge >= 0.3 is 5.69 Å². The van der Waals surface area contributed by atoms with Crippen LogP contribution in [-0.2, 0) is 27.4 Å². The van der Waals surface area contributed by atoms with E-state index in [9.17, 15) is 9.59 Å². The molecule has 0 bridgehead atoms. The molecule has 0 amide bonds. The molecule has 2 heterocycles. The van der Waals surface area contributed by atoms with Crippen LogP contribution in [-0.4, -0.2) is 28.4 Å². The fourth-order valence-electron chi connectivity index (χ4n) is 3.64. The van der Waals surface area contributed by atoms with Crippen LogP contribution in [0.4, 0.5) is 0 Å². The highest BCUT2D eigenvalue weighted by Crippen LogP contribution is 2.31. The molecule has 1 aliphatic heterocycles. The SMILES string of the molecule is Cc1cn([C@H]2C[C@@H](OCc3ccccc3)[C@@H](COCc3ccccc3)O2)c(=O)[nH]c1=O. The molecule has 0 saturated carbocycles. The number of ether oxygens (including phenoxy) is 3. The second kappa shape index (κ2) is 9.87. The van der Waals surface area contributed by atoms with Crippen molar-refractivity contribution in [2.45, 2.75) is 45.0 Å². The summed E-state index contributed by atoms with van der Waals surface area (Å²) in [6, 6.07) is 19.8. The van der Waals surface area contributed by atoms with E-state index in [1.54, 1.807) is 6.92 Å². The normalized spacial score (nSPS) is 20.7. The minimum Gasteiger partial charge on any atom is -0.374 e. The summed E-state index contributed by atoms with van der Waals surface area (Å²) in [5, 5.41) is 0. The Balaban J connectivity index is 1.46. The van der Waals surface area contributed by atoms with E-state index in [0.29, 0.717) is 31.8 Å². The number of benzene rings is 2. The van der Waals surface area contributed by atoms with Crippen molar-refractivity contribution in [2.75, 3.05) is 6.61 Å². The van der Waals surface area contributed by atoms with Gasteiger partial charge in [0, 0.05) is 18.2 Å². The van der Waals surface area contributed by atoms with Crippen LogP contribution in [0.5, 0.6) is 0 Å². The van der Waals surface area contributed by atoms with Gasteiger partial charge < -0.3 is 14.2 Å². The van der Waals surface area contributed by atoms with Crippen LogP contribution < -0.4 is 11.2 Å². The Bertz CT molecular complexity index is 1090. The Morgan fingerprint density at radius 3 is 2.32 bits per heavy atom. The molecule has 4 rings (SSSR count). The predicted octanol–water partition coefficient (Wildman–Crippen LogP) is 2.93. The van der Waals surface area contributed by atoms with Gasteiger partial charge in [0.25, 0.3) is 5.56 Å². The Kier molecular flexibility index (Phi) is 6.76. The Labute approximate surface area is 180 Å². The van der Waals surface area contributed by atoms with Crippen LogP contribution in [0.3, 0.4) is 0 Å². The summed E-state index contributed by atoms with van der Waals surface area (Å²) >= 11 is 0. The molecule has 7 heteroatoms. The van der Waals surface area contributed by atoms with Gasteiger partial charge in [-0.25, -0.2) is 4.79 Å². The van der Waals surface area contributed by atoms with Crippen LogP contribution in [0.15, 0.2) is 76.4 Å². The molecule has 1 aliphatic rings. The highest BCUT2D eigenvalue weighted by Gasteiger charge is 2.37. The van der Waals surface area contributed by atoms with Gasteiger partial charge in [-0.3, -0.25) is 14.3 Å². The lowest BCUT2D eigenvalue weighted by Gasteiger charge is -2.19. The molecule has 162 valence electrons. The first-order valence-corrected chi connectivity index (χ1v) is 10.3. The quantitative estimate of drug-likeness (QED) is 0.604. The van der Waals surface area contributed by atoms with Crippen LogP contribution in [0.2, 0.25) is 0 Å². The van der Waals surface area contributed by atoms with Gasteiger partial charge in [-0.15, -0.1) is 0 Å². The van der Waals surface area contributed by atoms with E-state index in [4.69, 9.17) is 14.2 Å². The van der Waals surface area contributed by atoms with Crippen molar-refractivity contribution in [2.24, 2.45) is 0 Å². The van der Waals surface area contributed by atoms with Crippen molar-refractivity contribution in [1.29, 1.82) is 0 Å². The molecule has 7 nitrogen and oxygen atoms in total. The fraction of sp³-hybridized carbons (Fsp3) is 0.333. The van der Waals surface area contributed by atoms with E-state index in [1.165, 1.54) is 10.8 Å². The number of aromatic amines is 1. The number of nitrogens with one attached hydrogen (secondary N) is 1. The number of nitrogens with zero attached hydrogens (tertiary/aromatic N) is 1. The lowest BCUT2D eigenvalue weighted by Crippen LogP contribution is -2.33. The minimum absolute atomic E-state index is 0.250. The van der Waals surface area contributed by atoms with Gasteiger partial charge in [0.1, 0.15) is 12.3 Å². The lowest BCUT2D eigenvalue weighted by atomic mass is 10.1. The van der Waals surface area contributed by atoms with Crippen molar-refractivity contribution in [3.63, 3.8) is 0 Å². The molecule has 1 saturated heterocycles. The zero-order valence-electron chi connectivity index (χ0n) is 17.4. The number of hydrogen-bond donors (Lipinski definition) is 1. The predicted molar refractivity (Wildman–Crippen MR) is 116 cm³/mol. The molecular weight excluding hydrogens is 396 g/mol. The molecule has 0 unspecified atom stereocenters. The third-order valence-electron chi connectivity index (χ3n) is 5.34. The molecule has 0 aliphatic carbocycles. The van der Waals surface area contributed by atoms with Gasteiger partial charge in [-0.05, 0) is 18.1 Å². The largest absolute Gasteiger partial charge is 0.374 e. The molecule has 1 aromatic heterocycles. The second-order valence-corrected chi connectivity index (χ2v) is 7.68. The molecule has 3 aromatic rings.